The van der Waals surface area contributed by atoms with Gasteiger partial charge in [-0.25, -0.2) is 0 Å². The molecule has 0 bridgehead atoms. The molecular formula is C65H47F6N5O9. The van der Waals surface area contributed by atoms with Crippen LogP contribution in [0.4, 0.5) is 32.0 Å². The molecule has 0 aliphatic carbocycles. The number of amides is 1. The average molecular weight is 1160 g/mol. The minimum atomic E-state index is -5.21. The number of rotatable bonds is 20. The van der Waals surface area contributed by atoms with Crippen LogP contribution in [0, 0.1) is 39.9 Å². The first-order valence-corrected chi connectivity index (χ1v) is 26.4. The lowest BCUT2D eigenvalue weighted by atomic mass is 9.94. The minimum absolute atomic E-state index is 0.0235. The van der Waals surface area contributed by atoms with Crippen molar-refractivity contribution in [2.45, 2.75) is 50.6 Å². The maximum absolute atomic E-state index is 14.0. The lowest BCUT2D eigenvalue weighted by Gasteiger charge is -2.27. The van der Waals surface area contributed by atoms with E-state index in [4.69, 9.17) is 18.9 Å². The molecule has 0 saturated heterocycles. The maximum atomic E-state index is 14.0. The van der Waals surface area contributed by atoms with E-state index < -0.39 is 82.9 Å². The molecule has 8 aromatic carbocycles. The van der Waals surface area contributed by atoms with Gasteiger partial charge in [-0.05, 0) is 81.2 Å². The number of carbonyl (C=O) groups excluding carboxylic acids is 5. The van der Waals surface area contributed by atoms with Crippen LogP contribution in [0.1, 0.15) is 47.9 Å². The van der Waals surface area contributed by atoms with E-state index in [0.29, 0.717) is 61.3 Å². The Bertz CT molecular complexity index is 3810. The summed E-state index contributed by atoms with van der Waals surface area (Å²) >= 11 is 0. The third kappa shape index (κ3) is 13.9. The number of nitrogens with zero attached hydrogens (tertiary/aromatic N) is 5. The third-order valence-electron chi connectivity index (χ3n) is 14.0. The Balaban J connectivity index is 0.877. The van der Waals surface area contributed by atoms with Gasteiger partial charge in [0.05, 0.1) is 85.3 Å². The second kappa shape index (κ2) is 25.7. The van der Waals surface area contributed by atoms with Gasteiger partial charge in [0.15, 0.2) is 5.92 Å². The van der Waals surface area contributed by atoms with Gasteiger partial charge in [0.25, 0.3) is 5.91 Å². The van der Waals surface area contributed by atoms with Crippen LogP contribution in [-0.2, 0) is 52.3 Å². The quantitative estimate of drug-likeness (QED) is 0.0302. The number of alkyl halides is 6. The highest BCUT2D eigenvalue weighted by molar-refractivity contribution is 6.08. The first kappa shape index (κ1) is 59.1. The van der Waals surface area contributed by atoms with Crippen molar-refractivity contribution in [3.05, 3.63) is 191 Å². The largest absolute Gasteiger partial charge is 0.464 e. The molecule has 14 nitrogen and oxygen atoms in total. The van der Waals surface area contributed by atoms with Crippen molar-refractivity contribution in [2.24, 2.45) is 5.92 Å². The number of carbonyl (C=O) groups is 5. The zero-order chi connectivity index (χ0) is 60.4. The van der Waals surface area contributed by atoms with E-state index in [1.54, 1.807) is 47.4 Å². The SMILES string of the molecule is N#CC1=C(/C=C/c2ccc(N(CCOC(=O)CCC(=O)Oc3c4ccccc4cc4ccccc34)CCOC(=O)CCC(=O)Oc3c4ccccc4cc4ccccc34)cc2)C(=O)N(Cc2cc(C(F)(F)F)cc(C(F)(F)F)c2)C1C(C#N)C#N. The summed E-state index contributed by atoms with van der Waals surface area (Å²) in [5.41, 5.74) is -3.84. The average Bonchev–Trinajstić information content (AvgIpc) is 2.36. The number of hydrogen-bond acceptors (Lipinski definition) is 13. The summed E-state index contributed by atoms with van der Waals surface area (Å²) in [4.78, 5) is 69.0. The predicted molar refractivity (Wildman–Crippen MR) is 300 cm³/mol. The molecule has 0 aromatic heterocycles. The third-order valence-corrected chi connectivity index (χ3v) is 14.0. The molecule has 1 amide bonds. The van der Waals surface area contributed by atoms with Crippen LogP contribution in [0.15, 0.2) is 169 Å². The molecule has 0 spiro atoms. The van der Waals surface area contributed by atoms with Gasteiger partial charge in [0, 0.05) is 33.8 Å². The van der Waals surface area contributed by atoms with Crippen LogP contribution < -0.4 is 14.4 Å². The maximum Gasteiger partial charge on any atom is 0.416 e. The van der Waals surface area contributed by atoms with Crippen molar-refractivity contribution in [2.75, 3.05) is 31.2 Å². The standard InChI is InChI=1S/C65H47F6N5O9/c66-64(67,68)47-31-41(32-48(35-47)65(69,70)71)39-76-60(46(36-72)37-73)55(38-74)54(63(76)81)22-19-40-17-20-49(21-18-40)75(27-29-82-56(77)23-25-58(79)84-61-50-13-5-1-9-42(50)33-43-10-2-6-14-51(43)61)28-30-83-57(78)24-26-59(80)85-62-52-15-7-3-11-44(52)34-45-12-4-8-16-53(45)62/h1-22,31-35,46,60H,23-30,39H2/b22-19+. The Morgan fingerprint density at radius 2 is 0.965 bits per heavy atom. The summed E-state index contributed by atoms with van der Waals surface area (Å²) in [6.07, 6.45) is -9.11. The summed E-state index contributed by atoms with van der Waals surface area (Å²) in [5.74, 6) is -4.81. The zero-order valence-corrected chi connectivity index (χ0v) is 44.8. The monoisotopic (exact) mass is 1160 g/mol. The van der Waals surface area contributed by atoms with Crippen molar-refractivity contribution in [1.82, 2.24) is 4.90 Å². The van der Waals surface area contributed by atoms with E-state index >= 15 is 0 Å². The van der Waals surface area contributed by atoms with Crippen LogP contribution in [0.3, 0.4) is 0 Å². The fraction of sp³-hybridized carbons (Fsp3) is 0.200. The topological polar surface area (TPSA) is 200 Å². The van der Waals surface area contributed by atoms with Crippen LogP contribution in [0.5, 0.6) is 11.5 Å². The smallest absolute Gasteiger partial charge is 0.416 e. The normalized spacial score (nSPS) is 13.5. The molecule has 1 aliphatic heterocycles. The van der Waals surface area contributed by atoms with E-state index in [1.807, 2.05) is 109 Å². The summed E-state index contributed by atoms with van der Waals surface area (Å²) in [6, 6.07) is 44.2. The van der Waals surface area contributed by atoms with E-state index in [9.17, 15) is 66.1 Å². The Morgan fingerprint density at radius 3 is 1.36 bits per heavy atom. The molecule has 0 radical (unpaired) electrons. The van der Waals surface area contributed by atoms with Gasteiger partial charge >= 0.3 is 36.2 Å². The Kier molecular flexibility index (Phi) is 17.9. The first-order valence-electron chi connectivity index (χ1n) is 26.4. The number of fused-ring (bicyclic) bond motifs is 4. The lowest BCUT2D eigenvalue weighted by molar-refractivity contribution is -0.147. The molecule has 1 aliphatic rings. The van der Waals surface area contributed by atoms with Crippen LogP contribution in [-0.4, -0.2) is 67.0 Å². The van der Waals surface area contributed by atoms with Gasteiger partial charge in [-0.15, -0.1) is 0 Å². The summed E-state index contributed by atoms with van der Waals surface area (Å²) in [5, 5.41) is 36.2. The van der Waals surface area contributed by atoms with Crippen LogP contribution in [0.2, 0.25) is 0 Å². The van der Waals surface area contributed by atoms with Crippen molar-refractivity contribution in [3.63, 3.8) is 0 Å². The molecule has 1 heterocycles. The Labute approximate surface area is 481 Å². The van der Waals surface area contributed by atoms with E-state index in [1.165, 1.54) is 12.2 Å². The highest BCUT2D eigenvalue weighted by Gasteiger charge is 2.44. The molecule has 9 rings (SSSR count). The molecule has 0 N–H and O–H groups in total. The van der Waals surface area contributed by atoms with Gasteiger partial charge in [-0.3, -0.25) is 24.0 Å². The van der Waals surface area contributed by atoms with Crippen LogP contribution >= 0.6 is 0 Å². The van der Waals surface area contributed by atoms with Crippen molar-refractivity contribution in [3.8, 4) is 29.7 Å². The summed E-state index contributed by atoms with van der Waals surface area (Å²) < 4.78 is 105. The predicted octanol–water partition coefficient (Wildman–Crippen LogP) is 12.9. The number of esters is 4. The summed E-state index contributed by atoms with van der Waals surface area (Å²) in [7, 11) is 0. The molecule has 0 fully saturated rings. The number of nitriles is 3. The minimum Gasteiger partial charge on any atom is -0.464 e. The van der Waals surface area contributed by atoms with Gasteiger partial charge in [-0.1, -0.05) is 115 Å². The Morgan fingerprint density at radius 1 is 0.553 bits per heavy atom. The van der Waals surface area contributed by atoms with Gasteiger partial charge in [0.2, 0.25) is 0 Å². The van der Waals surface area contributed by atoms with E-state index in [-0.39, 0.29) is 63.6 Å². The van der Waals surface area contributed by atoms with E-state index in [2.05, 4.69) is 0 Å². The van der Waals surface area contributed by atoms with Crippen molar-refractivity contribution < 1.29 is 69.3 Å². The number of ether oxygens (including phenoxy) is 4. The number of anilines is 1. The highest BCUT2D eigenvalue weighted by atomic mass is 19.4. The first-order chi connectivity index (χ1) is 40.8. The number of hydrogen-bond donors (Lipinski definition) is 0. The van der Waals surface area contributed by atoms with E-state index in [0.717, 1.165) is 21.5 Å². The zero-order valence-electron chi connectivity index (χ0n) is 44.8. The Hall–Kier alpha value is -10.5. The molecular weight excluding hydrogens is 1110 g/mol. The molecule has 1 unspecified atom stereocenters. The molecule has 85 heavy (non-hydrogen) atoms. The highest BCUT2D eigenvalue weighted by Crippen LogP contribution is 2.40. The molecule has 1 atom stereocenters. The fourth-order valence-corrected chi connectivity index (χ4v) is 9.92. The number of halogens is 6. The number of benzene rings is 8. The molecule has 0 saturated carbocycles. The van der Waals surface area contributed by atoms with Crippen LogP contribution in [0.25, 0.3) is 49.2 Å². The lowest BCUT2D eigenvalue weighted by Crippen LogP contribution is -2.39. The second-order valence-electron chi connectivity index (χ2n) is 19.6. The van der Waals surface area contributed by atoms with Crippen molar-refractivity contribution >= 4 is 84.6 Å². The van der Waals surface area contributed by atoms with Crippen molar-refractivity contribution in [1.29, 1.82) is 15.8 Å². The van der Waals surface area contributed by atoms with Gasteiger partial charge in [0.1, 0.15) is 24.7 Å². The fourth-order valence-electron chi connectivity index (χ4n) is 9.92. The molecule has 20 heteroatoms. The van der Waals surface area contributed by atoms with Gasteiger partial charge in [-0.2, -0.15) is 42.1 Å². The molecule has 428 valence electrons. The second-order valence-corrected chi connectivity index (χ2v) is 19.6. The van der Waals surface area contributed by atoms with Gasteiger partial charge < -0.3 is 28.7 Å². The summed E-state index contributed by atoms with van der Waals surface area (Å²) in [6.45, 7) is -1.30. The molecule has 8 aromatic rings.